The van der Waals surface area contributed by atoms with Gasteiger partial charge in [0, 0.05) is 44.9 Å². The largest absolute Gasteiger partial charge is 0.494 e. The number of fused-ring (bicyclic) bond motifs is 1. The quantitative estimate of drug-likeness (QED) is 0.605. The van der Waals surface area contributed by atoms with Crippen molar-refractivity contribution in [1.29, 1.82) is 0 Å². The lowest BCUT2D eigenvalue weighted by Crippen LogP contribution is -2.46. The van der Waals surface area contributed by atoms with E-state index in [2.05, 4.69) is 41.0 Å². The van der Waals surface area contributed by atoms with Crippen molar-refractivity contribution in [2.24, 2.45) is 5.73 Å². The third kappa shape index (κ3) is 5.45. The lowest BCUT2D eigenvalue weighted by molar-refractivity contribution is -0.119. The number of piperazine rings is 1. The van der Waals surface area contributed by atoms with Gasteiger partial charge in [-0.05, 0) is 67.7 Å². The first-order chi connectivity index (χ1) is 15.5. The van der Waals surface area contributed by atoms with Gasteiger partial charge in [0.05, 0.1) is 17.3 Å². The number of benzene rings is 2. The van der Waals surface area contributed by atoms with Gasteiger partial charge in [0.2, 0.25) is 0 Å². The van der Waals surface area contributed by atoms with E-state index in [1.165, 1.54) is 5.56 Å². The molecule has 32 heavy (non-hydrogen) atoms. The average molecular weight is 456 g/mol. The third-order valence-corrected chi connectivity index (χ3v) is 7.21. The molecule has 1 unspecified atom stereocenters. The van der Waals surface area contributed by atoms with E-state index in [0.29, 0.717) is 26.0 Å². The lowest BCUT2D eigenvalue weighted by atomic mass is 9.82. The van der Waals surface area contributed by atoms with Gasteiger partial charge in [-0.1, -0.05) is 29.8 Å². The number of Topliss-reactive ketones (excluding diaryl/α,β-unsaturated/α-hetero) is 1. The van der Waals surface area contributed by atoms with Gasteiger partial charge < -0.3 is 15.4 Å². The molecule has 6 heteroatoms. The van der Waals surface area contributed by atoms with E-state index in [-0.39, 0.29) is 11.7 Å². The first kappa shape index (κ1) is 23.1. The number of nitrogens with two attached hydrogens (primary N) is 1. The average Bonchev–Trinajstić information content (AvgIpc) is 2.80. The van der Waals surface area contributed by atoms with Crippen molar-refractivity contribution < 1.29 is 9.53 Å². The van der Waals surface area contributed by atoms with Crippen LogP contribution in [0.3, 0.4) is 0 Å². The monoisotopic (exact) mass is 455 g/mol. The maximum Gasteiger partial charge on any atom is 0.137 e. The molecule has 1 aliphatic carbocycles. The second-order valence-corrected chi connectivity index (χ2v) is 9.38. The van der Waals surface area contributed by atoms with Gasteiger partial charge >= 0.3 is 0 Å². The minimum atomic E-state index is 0.155. The van der Waals surface area contributed by atoms with Gasteiger partial charge in [-0.3, -0.25) is 9.69 Å². The number of nitrogens with zero attached hydrogens (tertiary/aromatic N) is 2. The fourth-order valence-electron chi connectivity index (χ4n) is 4.82. The van der Waals surface area contributed by atoms with Crippen LogP contribution in [0.25, 0.3) is 0 Å². The van der Waals surface area contributed by atoms with Crippen LogP contribution in [0.1, 0.15) is 41.9 Å². The van der Waals surface area contributed by atoms with E-state index in [0.717, 1.165) is 73.2 Å². The second-order valence-electron chi connectivity index (χ2n) is 9.01. The number of anilines is 1. The van der Waals surface area contributed by atoms with E-state index in [9.17, 15) is 4.79 Å². The Morgan fingerprint density at radius 3 is 2.72 bits per heavy atom. The van der Waals surface area contributed by atoms with Crippen molar-refractivity contribution in [2.45, 2.75) is 38.5 Å². The topological polar surface area (TPSA) is 58.8 Å². The molecule has 0 amide bonds. The highest BCUT2D eigenvalue weighted by Crippen LogP contribution is 2.32. The summed E-state index contributed by atoms with van der Waals surface area (Å²) in [5, 5.41) is 0.878. The number of halogens is 1. The van der Waals surface area contributed by atoms with Crippen LogP contribution in [0.5, 0.6) is 5.75 Å². The van der Waals surface area contributed by atoms with Gasteiger partial charge in [-0.2, -0.15) is 0 Å². The Bertz CT molecular complexity index is 941. The number of ether oxygens (including phenoxy) is 1. The summed E-state index contributed by atoms with van der Waals surface area (Å²) in [7, 11) is 0. The summed E-state index contributed by atoms with van der Waals surface area (Å²) in [5.74, 6) is 1.29. The SMILES string of the molecule is Cc1cccc(N2CCN(CCCCOc3ccc4c(c3)CC(=O)CC4CN)CC2)c1Cl. The zero-order valence-electron chi connectivity index (χ0n) is 19.0. The van der Waals surface area contributed by atoms with Crippen LogP contribution >= 0.6 is 11.6 Å². The van der Waals surface area contributed by atoms with Gasteiger partial charge in [-0.15, -0.1) is 0 Å². The highest BCUT2D eigenvalue weighted by Gasteiger charge is 2.24. The van der Waals surface area contributed by atoms with Crippen molar-refractivity contribution in [1.82, 2.24) is 4.90 Å². The van der Waals surface area contributed by atoms with Crippen molar-refractivity contribution >= 4 is 23.1 Å². The lowest BCUT2D eigenvalue weighted by Gasteiger charge is -2.36. The number of rotatable bonds is 8. The molecule has 2 aliphatic rings. The van der Waals surface area contributed by atoms with Crippen molar-refractivity contribution in [3.63, 3.8) is 0 Å². The summed E-state index contributed by atoms with van der Waals surface area (Å²) in [6.45, 7) is 8.52. The van der Waals surface area contributed by atoms with Crippen molar-refractivity contribution in [3.8, 4) is 5.75 Å². The summed E-state index contributed by atoms with van der Waals surface area (Å²) in [5.41, 5.74) is 10.4. The molecule has 0 spiro atoms. The molecule has 2 N–H and O–H groups in total. The Morgan fingerprint density at radius 1 is 1.12 bits per heavy atom. The van der Waals surface area contributed by atoms with Crippen LogP contribution in [0, 0.1) is 6.92 Å². The molecule has 1 atom stereocenters. The molecule has 0 saturated carbocycles. The maximum absolute atomic E-state index is 12.0. The van der Waals surface area contributed by atoms with E-state index >= 15 is 0 Å². The summed E-state index contributed by atoms with van der Waals surface area (Å²) in [4.78, 5) is 16.9. The van der Waals surface area contributed by atoms with E-state index < -0.39 is 0 Å². The van der Waals surface area contributed by atoms with Crippen LogP contribution in [-0.4, -0.2) is 56.6 Å². The van der Waals surface area contributed by atoms with Gasteiger partial charge in [0.25, 0.3) is 0 Å². The first-order valence-corrected chi connectivity index (χ1v) is 12.1. The number of hydrogen-bond acceptors (Lipinski definition) is 5. The van der Waals surface area contributed by atoms with Crippen molar-refractivity contribution in [2.75, 3.05) is 50.8 Å². The fourth-order valence-corrected chi connectivity index (χ4v) is 5.06. The molecular weight excluding hydrogens is 422 g/mol. The van der Waals surface area contributed by atoms with Crippen LogP contribution in [-0.2, 0) is 11.2 Å². The van der Waals surface area contributed by atoms with Gasteiger partial charge in [0.1, 0.15) is 11.5 Å². The molecule has 5 nitrogen and oxygen atoms in total. The highest BCUT2D eigenvalue weighted by atomic mass is 35.5. The summed E-state index contributed by atoms with van der Waals surface area (Å²) < 4.78 is 5.98. The molecule has 1 aliphatic heterocycles. The molecule has 172 valence electrons. The molecule has 0 radical (unpaired) electrons. The second kappa shape index (κ2) is 10.7. The number of ketones is 1. The van der Waals surface area contributed by atoms with Gasteiger partial charge in [0.15, 0.2) is 0 Å². The molecular formula is C26H34ClN3O2. The molecule has 4 rings (SSSR count). The van der Waals surface area contributed by atoms with Crippen LogP contribution in [0.15, 0.2) is 36.4 Å². The molecule has 2 aromatic rings. The number of hydrogen-bond donors (Lipinski definition) is 1. The Morgan fingerprint density at radius 2 is 1.94 bits per heavy atom. The molecule has 1 saturated heterocycles. The third-order valence-electron chi connectivity index (χ3n) is 6.72. The molecule has 0 aromatic heterocycles. The van der Waals surface area contributed by atoms with Crippen LogP contribution in [0.4, 0.5) is 5.69 Å². The first-order valence-electron chi connectivity index (χ1n) is 11.7. The fraction of sp³-hybridized carbons (Fsp3) is 0.500. The van der Waals surface area contributed by atoms with E-state index in [1.54, 1.807) is 0 Å². The highest BCUT2D eigenvalue weighted by molar-refractivity contribution is 6.34. The Hall–Kier alpha value is -2.08. The summed E-state index contributed by atoms with van der Waals surface area (Å²) in [6.07, 6.45) is 3.20. The number of carbonyl (C=O) groups is 1. The minimum Gasteiger partial charge on any atom is -0.494 e. The normalized spacial score (nSPS) is 19.2. The summed E-state index contributed by atoms with van der Waals surface area (Å²) in [6, 6.07) is 12.4. The number of carbonyl (C=O) groups excluding carboxylic acids is 1. The smallest absolute Gasteiger partial charge is 0.137 e. The molecule has 2 aromatic carbocycles. The zero-order valence-corrected chi connectivity index (χ0v) is 19.7. The Labute approximate surface area is 196 Å². The predicted molar refractivity (Wildman–Crippen MR) is 131 cm³/mol. The number of aryl methyl sites for hydroxylation is 1. The standard InChI is InChI=1S/C26H34ClN3O2/c1-19-5-4-6-25(26(19)27)30-12-10-29(11-13-30)9-2-3-14-32-23-7-8-24-20(17-23)15-22(31)16-21(24)18-28/h4-8,17,21H,2-3,9-16,18,28H2,1H3. The van der Waals surface area contributed by atoms with Crippen LogP contribution < -0.4 is 15.4 Å². The minimum absolute atomic E-state index is 0.155. The van der Waals surface area contributed by atoms with E-state index in [1.807, 2.05) is 12.1 Å². The zero-order chi connectivity index (χ0) is 22.5. The Kier molecular flexibility index (Phi) is 7.71. The van der Waals surface area contributed by atoms with Crippen molar-refractivity contribution in [3.05, 3.63) is 58.1 Å². The Balaban J connectivity index is 1.17. The van der Waals surface area contributed by atoms with E-state index in [4.69, 9.17) is 22.1 Å². The molecule has 0 bridgehead atoms. The van der Waals surface area contributed by atoms with Gasteiger partial charge in [-0.25, -0.2) is 0 Å². The maximum atomic E-state index is 12.0. The molecule has 1 heterocycles. The predicted octanol–water partition coefficient (Wildman–Crippen LogP) is 4.19. The molecule has 1 fully saturated rings. The van der Waals surface area contributed by atoms with Crippen LogP contribution in [0.2, 0.25) is 5.02 Å². The summed E-state index contributed by atoms with van der Waals surface area (Å²) >= 11 is 6.50. The number of unbranched alkanes of at least 4 members (excludes halogenated alkanes) is 1.